The molecule has 0 radical (unpaired) electrons. The van der Waals surface area contributed by atoms with E-state index >= 15 is 0 Å². The van der Waals surface area contributed by atoms with Gasteiger partial charge in [-0.1, -0.05) is 0 Å². The first kappa shape index (κ1) is 20.0. The van der Waals surface area contributed by atoms with E-state index in [1.807, 2.05) is 19.9 Å². The van der Waals surface area contributed by atoms with Crippen LogP contribution in [-0.4, -0.2) is 25.2 Å². The summed E-state index contributed by atoms with van der Waals surface area (Å²) >= 11 is 0. The molecule has 150 valence electrons. The Morgan fingerprint density at radius 2 is 1.75 bits per heavy atom. The first-order chi connectivity index (χ1) is 12.9. The second-order valence-corrected chi connectivity index (χ2v) is 8.38. The highest BCUT2D eigenvalue weighted by Crippen LogP contribution is 2.35. The van der Waals surface area contributed by atoms with Crippen LogP contribution in [0.4, 0.5) is 13.2 Å². The van der Waals surface area contributed by atoms with Gasteiger partial charge in [0.05, 0.1) is 5.71 Å². The van der Waals surface area contributed by atoms with E-state index in [4.69, 9.17) is 10.6 Å². The van der Waals surface area contributed by atoms with Gasteiger partial charge in [-0.25, -0.2) is 0 Å². The maximum absolute atomic E-state index is 12.4. The van der Waals surface area contributed by atoms with Crippen molar-refractivity contribution in [3.8, 4) is 11.5 Å². The fourth-order valence-corrected chi connectivity index (χ4v) is 3.37. The molecule has 2 aromatic rings. The molecule has 1 aliphatic rings. The topological polar surface area (TPSA) is 91.0 Å². The van der Waals surface area contributed by atoms with E-state index in [2.05, 4.69) is 9.28 Å². The predicted octanol–water partition coefficient (Wildman–Crippen LogP) is 3.34. The van der Waals surface area contributed by atoms with Gasteiger partial charge in [0.15, 0.2) is 0 Å². The van der Waals surface area contributed by atoms with Crippen molar-refractivity contribution >= 4 is 15.8 Å². The Morgan fingerprint density at radius 3 is 2.32 bits per heavy atom. The monoisotopic (exact) mass is 414 g/mol. The number of rotatable bonds is 4. The summed E-state index contributed by atoms with van der Waals surface area (Å²) in [7, 11) is -5.73. The van der Waals surface area contributed by atoms with Crippen molar-refractivity contribution in [2.75, 3.05) is 0 Å². The van der Waals surface area contributed by atoms with Crippen molar-refractivity contribution in [3.63, 3.8) is 0 Å². The summed E-state index contributed by atoms with van der Waals surface area (Å²) in [5.74, 6) is 5.81. The van der Waals surface area contributed by atoms with Gasteiger partial charge in [0.2, 0.25) is 0 Å². The molecule has 6 nitrogen and oxygen atoms in total. The largest absolute Gasteiger partial charge is 0.534 e. The Morgan fingerprint density at radius 1 is 1.14 bits per heavy atom. The van der Waals surface area contributed by atoms with Crippen LogP contribution in [0.2, 0.25) is 0 Å². The van der Waals surface area contributed by atoms with Gasteiger partial charge >= 0.3 is 15.6 Å². The molecule has 0 amide bonds. The van der Waals surface area contributed by atoms with Crippen molar-refractivity contribution in [1.29, 1.82) is 0 Å². The zero-order valence-electron chi connectivity index (χ0n) is 14.9. The number of hydrazone groups is 1. The highest BCUT2D eigenvalue weighted by molar-refractivity contribution is 7.88. The predicted molar refractivity (Wildman–Crippen MR) is 96.7 cm³/mol. The fourth-order valence-electron chi connectivity index (χ4n) is 2.91. The van der Waals surface area contributed by atoms with Crippen LogP contribution >= 0.6 is 0 Å². The zero-order valence-corrected chi connectivity index (χ0v) is 15.8. The number of hydrogen-bond acceptors (Lipinski definition) is 6. The molecule has 10 heteroatoms. The average Bonchev–Trinajstić information content (AvgIpc) is 2.89. The summed E-state index contributed by atoms with van der Waals surface area (Å²) < 4.78 is 69.3. The van der Waals surface area contributed by atoms with Crippen LogP contribution in [-0.2, 0) is 16.5 Å². The number of halogens is 3. The Hall–Kier alpha value is -2.75. The lowest BCUT2D eigenvalue weighted by atomic mass is 9.96. The van der Waals surface area contributed by atoms with Crippen LogP contribution in [0.25, 0.3) is 0 Å². The fraction of sp³-hybridized carbons (Fsp3) is 0.278. The molecule has 0 bridgehead atoms. The molecule has 0 spiro atoms. The van der Waals surface area contributed by atoms with E-state index in [9.17, 15) is 21.6 Å². The van der Waals surface area contributed by atoms with Crippen molar-refractivity contribution in [2.45, 2.75) is 31.4 Å². The lowest BCUT2D eigenvalue weighted by Crippen LogP contribution is -2.28. The molecule has 28 heavy (non-hydrogen) atoms. The third kappa shape index (κ3) is 3.91. The standard InChI is InChI=1S/C18H17F3N2O4S/c1-17(2)10-13-9-12(5-8-15(13)26-17)16(23-22)11-3-6-14(7-4-11)27-28(24,25)18(19,20)21/h3-9H,10,22H2,1-2H3. The minimum absolute atomic E-state index is 0.316. The van der Waals surface area contributed by atoms with Crippen LogP contribution in [0.3, 0.4) is 0 Å². The van der Waals surface area contributed by atoms with Crippen molar-refractivity contribution in [2.24, 2.45) is 10.9 Å². The van der Waals surface area contributed by atoms with E-state index < -0.39 is 21.4 Å². The summed E-state index contributed by atoms with van der Waals surface area (Å²) in [5.41, 5.74) is -3.27. The molecule has 1 heterocycles. The molecule has 3 rings (SSSR count). The molecule has 0 fully saturated rings. The number of nitrogens with two attached hydrogens (primary N) is 1. The second kappa shape index (κ2) is 6.69. The molecular weight excluding hydrogens is 397 g/mol. The Bertz CT molecular complexity index is 1030. The molecule has 2 aromatic carbocycles. The van der Waals surface area contributed by atoms with Gasteiger partial charge in [-0.2, -0.15) is 26.7 Å². The molecule has 0 aliphatic carbocycles. The number of alkyl halides is 3. The Balaban J connectivity index is 1.86. The highest BCUT2D eigenvalue weighted by atomic mass is 32.2. The summed E-state index contributed by atoms with van der Waals surface area (Å²) in [6.45, 7) is 3.94. The van der Waals surface area contributed by atoms with E-state index in [1.54, 1.807) is 12.1 Å². The molecule has 0 saturated heterocycles. The SMILES string of the molecule is CC1(C)Cc2cc(C(=NN)c3ccc(OS(=O)(=O)C(F)(F)F)cc3)ccc2O1. The van der Waals surface area contributed by atoms with Crippen LogP contribution in [0.15, 0.2) is 47.6 Å². The van der Waals surface area contributed by atoms with Gasteiger partial charge in [0.25, 0.3) is 0 Å². The summed E-state index contributed by atoms with van der Waals surface area (Å²) in [5, 5.41) is 3.77. The number of ether oxygens (including phenoxy) is 1. The highest BCUT2D eigenvalue weighted by Gasteiger charge is 2.48. The molecule has 0 atom stereocenters. The number of benzene rings is 2. The van der Waals surface area contributed by atoms with Crippen LogP contribution in [0.1, 0.15) is 30.5 Å². The lowest BCUT2D eigenvalue weighted by molar-refractivity contribution is -0.0500. The van der Waals surface area contributed by atoms with Crippen molar-refractivity contribution in [1.82, 2.24) is 0 Å². The number of hydrogen-bond donors (Lipinski definition) is 1. The van der Waals surface area contributed by atoms with E-state index in [0.717, 1.165) is 23.4 Å². The summed E-state index contributed by atoms with van der Waals surface area (Å²) in [6.07, 6.45) is 0.704. The second-order valence-electron chi connectivity index (χ2n) is 6.85. The van der Waals surface area contributed by atoms with Crippen LogP contribution < -0.4 is 14.8 Å². The van der Waals surface area contributed by atoms with Crippen molar-refractivity contribution in [3.05, 3.63) is 59.2 Å². The van der Waals surface area contributed by atoms with Gasteiger partial charge in [0, 0.05) is 17.5 Å². The van der Waals surface area contributed by atoms with E-state index in [1.165, 1.54) is 12.1 Å². The number of fused-ring (bicyclic) bond motifs is 1. The van der Waals surface area contributed by atoms with E-state index in [0.29, 0.717) is 23.3 Å². The third-order valence-electron chi connectivity index (χ3n) is 4.08. The molecular formula is C18H17F3N2O4S. The zero-order chi connectivity index (χ0) is 20.7. The maximum Gasteiger partial charge on any atom is 0.534 e. The molecule has 1 aliphatic heterocycles. The average molecular weight is 414 g/mol. The van der Waals surface area contributed by atoms with Gasteiger partial charge in [0.1, 0.15) is 17.1 Å². The minimum atomic E-state index is -5.73. The van der Waals surface area contributed by atoms with Crippen molar-refractivity contribution < 1.29 is 30.5 Å². The summed E-state index contributed by atoms with van der Waals surface area (Å²) in [4.78, 5) is 0. The smallest absolute Gasteiger partial charge is 0.487 e. The van der Waals surface area contributed by atoms with Crippen LogP contribution in [0, 0.1) is 0 Å². The van der Waals surface area contributed by atoms with Gasteiger partial charge in [-0.05, 0) is 61.9 Å². The first-order valence-corrected chi connectivity index (χ1v) is 9.54. The molecule has 0 saturated carbocycles. The normalized spacial score (nSPS) is 16.4. The Kier molecular flexibility index (Phi) is 4.78. The minimum Gasteiger partial charge on any atom is -0.487 e. The summed E-state index contributed by atoms with van der Waals surface area (Å²) in [6, 6.07) is 10.4. The maximum atomic E-state index is 12.4. The van der Waals surface area contributed by atoms with Gasteiger partial charge in [-0.15, -0.1) is 0 Å². The molecule has 2 N–H and O–H groups in total. The Labute approximate surface area is 159 Å². The first-order valence-electron chi connectivity index (χ1n) is 8.13. The van der Waals surface area contributed by atoms with Gasteiger partial charge in [-0.3, -0.25) is 0 Å². The van der Waals surface area contributed by atoms with E-state index in [-0.39, 0.29) is 5.60 Å². The van der Waals surface area contributed by atoms with Crippen LogP contribution in [0.5, 0.6) is 11.5 Å². The number of nitrogens with zero attached hydrogens (tertiary/aromatic N) is 1. The third-order valence-corrected chi connectivity index (χ3v) is 5.06. The molecule has 0 unspecified atom stereocenters. The van der Waals surface area contributed by atoms with Gasteiger partial charge < -0.3 is 14.8 Å². The molecule has 0 aromatic heterocycles. The lowest BCUT2D eigenvalue weighted by Gasteiger charge is -2.16. The quantitative estimate of drug-likeness (QED) is 0.272.